The summed E-state index contributed by atoms with van der Waals surface area (Å²) in [6.45, 7) is 7.33. The van der Waals surface area contributed by atoms with E-state index >= 15 is 0 Å². The molecule has 1 amide bonds. The van der Waals surface area contributed by atoms with Gasteiger partial charge < -0.3 is 5.32 Å². The van der Waals surface area contributed by atoms with Crippen LogP contribution in [-0.2, 0) is 16.6 Å². The lowest BCUT2D eigenvalue weighted by Gasteiger charge is -2.30. The summed E-state index contributed by atoms with van der Waals surface area (Å²) in [6, 6.07) is 10.7. The van der Waals surface area contributed by atoms with E-state index in [2.05, 4.69) is 22.3 Å². The van der Waals surface area contributed by atoms with E-state index in [-0.39, 0.29) is 10.8 Å². The smallest absolute Gasteiger partial charge is 0.255 e. The lowest BCUT2D eigenvalue weighted by molar-refractivity contribution is 0.102. The Morgan fingerprint density at radius 1 is 1.15 bits per heavy atom. The van der Waals surface area contributed by atoms with Crippen molar-refractivity contribution in [1.82, 2.24) is 19.1 Å². The Morgan fingerprint density at radius 3 is 2.61 bits per heavy atom. The van der Waals surface area contributed by atoms with Crippen molar-refractivity contribution in [3.05, 3.63) is 71.3 Å². The van der Waals surface area contributed by atoms with E-state index in [4.69, 9.17) is 0 Å². The van der Waals surface area contributed by atoms with Gasteiger partial charge in [-0.3, -0.25) is 4.79 Å². The molecular weight excluding hydrogens is 438 g/mol. The topological polar surface area (TPSA) is 97.2 Å². The Balaban J connectivity index is 1.57. The zero-order valence-electron chi connectivity index (χ0n) is 19.2. The van der Waals surface area contributed by atoms with E-state index in [0.717, 1.165) is 24.0 Å². The second kappa shape index (κ2) is 9.44. The molecule has 2 heterocycles. The SMILES string of the molecule is Cc1cc(C(=O)Nc2cccc(Cn3cncn3)c2)cc(S(=O)(=O)N2CCC(C)CC2)c1C. The summed E-state index contributed by atoms with van der Waals surface area (Å²) in [4.78, 5) is 17.2. The number of nitrogens with one attached hydrogen (secondary N) is 1. The fourth-order valence-corrected chi connectivity index (χ4v) is 5.84. The van der Waals surface area contributed by atoms with Gasteiger partial charge in [-0.25, -0.2) is 18.1 Å². The average Bonchev–Trinajstić information content (AvgIpc) is 3.29. The number of nitrogens with zero attached hydrogens (tertiary/aromatic N) is 4. The molecule has 1 saturated heterocycles. The van der Waals surface area contributed by atoms with Crippen molar-refractivity contribution >= 4 is 21.6 Å². The lowest BCUT2D eigenvalue weighted by atomic mass is 10.0. The molecule has 9 heteroatoms. The predicted octanol–water partition coefficient (Wildman–Crippen LogP) is 3.62. The van der Waals surface area contributed by atoms with Crippen LogP contribution in [0, 0.1) is 19.8 Å². The van der Waals surface area contributed by atoms with Gasteiger partial charge in [0, 0.05) is 24.3 Å². The zero-order valence-corrected chi connectivity index (χ0v) is 20.0. The first kappa shape index (κ1) is 23.1. The van der Waals surface area contributed by atoms with Crippen LogP contribution in [0.1, 0.15) is 46.8 Å². The molecule has 174 valence electrons. The summed E-state index contributed by atoms with van der Waals surface area (Å²) in [6.07, 6.45) is 4.80. The molecule has 4 rings (SSSR count). The molecule has 0 spiro atoms. The number of amides is 1. The number of benzene rings is 2. The van der Waals surface area contributed by atoms with Crippen molar-refractivity contribution < 1.29 is 13.2 Å². The van der Waals surface area contributed by atoms with Crippen molar-refractivity contribution in [1.29, 1.82) is 0 Å². The molecule has 8 nitrogen and oxygen atoms in total. The molecule has 0 saturated carbocycles. The summed E-state index contributed by atoms with van der Waals surface area (Å²) in [7, 11) is -3.67. The van der Waals surface area contributed by atoms with Gasteiger partial charge in [-0.1, -0.05) is 19.1 Å². The molecule has 0 bridgehead atoms. The molecule has 2 aromatic carbocycles. The number of rotatable bonds is 6. The highest BCUT2D eigenvalue weighted by Crippen LogP contribution is 2.28. The molecule has 1 aliphatic rings. The van der Waals surface area contributed by atoms with Gasteiger partial charge in [0.05, 0.1) is 11.4 Å². The number of aromatic nitrogens is 3. The maximum Gasteiger partial charge on any atom is 0.255 e. The highest BCUT2D eigenvalue weighted by atomic mass is 32.2. The monoisotopic (exact) mass is 467 g/mol. The number of carbonyl (C=O) groups is 1. The number of aryl methyl sites for hydroxylation is 1. The molecular formula is C24H29N5O3S. The van der Waals surface area contributed by atoms with Crippen LogP contribution in [0.25, 0.3) is 0 Å². The third kappa shape index (κ3) is 5.15. The fraction of sp³-hybridized carbons (Fsp3) is 0.375. The van der Waals surface area contributed by atoms with E-state index < -0.39 is 10.0 Å². The van der Waals surface area contributed by atoms with Crippen LogP contribution in [0.3, 0.4) is 0 Å². The van der Waals surface area contributed by atoms with Crippen molar-refractivity contribution in [2.24, 2.45) is 5.92 Å². The first-order valence-corrected chi connectivity index (χ1v) is 12.5. The van der Waals surface area contributed by atoms with Crippen molar-refractivity contribution in [2.75, 3.05) is 18.4 Å². The fourth-order valence-electron chi connectivity index (χ4n) is 4.04. The standard InChI is InChI=1S/C24H29N5O3S/c1-17-7-9-29(10-8-17)33(31,32)23-13-21(11-18(2)19(23)3)24(30)27-22-6-4-5-20(12-22)14-28-16-25-15-26-28/h4-6,11-13,15-17H,7-10,14H2,1-3H3,(H,27,30). The normalized spacial score (nSPS) is 15.5. The number of anilines is 1. The third-order valence-corrected chi connectivity index (χ3v) is 8.26. The molecule has 1 fully saturated rings. The van der Waals surface area contributed by atoms with Gasteiger partial charge in [0.2, 0.25) is 10.0 Å². The van der Waals surface area contributed by atoms with Gasteiger partial charge >= 0.3 is 0 Å². The van der Waals surface area contributed by atoms with Gasteiger partial charge in [-0.2, -0.15) is 9.40 Å². The molecule has 0 unspecified atom stereocenters. The lowest BCUT2D eigenvalue weighted by Crippen LogP contribution is -2.38. The van der Waals surface area contributed by atoms with E-state index in [9.17, 15) is 13.2 Å². The average molecular weight is 468 g/mol. The van der Waals surface area contributed by atoms with Gasteiger partial charge in [0.25, 0.3) is 5.91 Å². The zero-order chi connectivity index (χ0) is 23.6. The maximum absolute atomic E-state index is 13.4. The van der Waals surface area contributed by atoms with E-state index in [1.165, 1.54) is 12.4 Å². The van der Waals surface area contributed by atoms with Crippen LogP contribution in [0.5, 0.6) is 0 Å². The molecule has 0 aliphatic carbocycles. The van der Waals surface area contributed by atoms with Crippen LogP contribution in [-0.4, -0.2) is 46.5 Å². The Bertz CT molecular complexity index is 1250. The van der Waals surface area contributed by atoms with Gasteiger partial charge in [0.1, 0.15) is 12.7 Å². The minimum atomic E-state index is -3.67. The van der Waals surface area contributed by atoms with Gasteiger partial charge in [0.15, 0.2) is 0 Å². The number of hydrogen-bond acceptors (Lipinski definition) is 5. The quantitative estimate of drug-likeness (QED) is 0.597. The van der Waals surface area contributed by atoms with E-state index in [1.807, 2.05) is 25.1 Å². The number of hydrogen-bond donors (Lipinski definition) is 1. The molecule has 1 N–H and O–H groups in total. The number of sulfonamides is 1. The highest BCUT2D eigenvalue weighted by Gasteiger charge is 2.30. The Hall–Kier alpha value is -3.04. The number of piperidine rings is 1. The Labute approximate surface area is 194 Å². The van der Waals surface area contributed by atoms with E-state index in [0.29, 0.717) is 42.4 Å². The van der Waals surface area contributed by atoms with Gasteiger partial charge in [-0.05, 0) is 73.6 Å². The molecule has 3 aromatic rings. The third-order valence-electron chi connectivity index (χ3n) is 6.24. The van der Waals surface area contributed by atoms with Crippen LogP contribution >= 0.6 is 0 Å². The summed E-state index contributed by atoms with van der Waals surface area (Å²) < 4.78 is 30.0. The van der Waals surface area contributed by atoms with Crippen molar-refractivity contribution in [3.63, 3.8) is 0 Å². The van der Waals surface area contributed by atoms with Crippen LogP contribution < -0.4 is 5.32 Å². The molecule has 0 atom stereocenters. The first-order valence-electron chi connectivity index (χ1n) is 11.1. The van der Waals surface area contributed by atoms with Crippen molar-refractivity contribution in [2.45, 2.75) is 45.1 Å². The second-order valence-corrected chi connectivity index (χ2v) is 10.7. The molecule has 1 aliphatic heterocycles. The summed E-state index contributed by atoms with van der Waals surface area (Å²) >= 11 is 0. The molecule has 0 radical (unpaired) electrons. The number of carbonyl (C=O) groups excluding carboxylic acids is 1. The minimum absolute atomic E-state index is 0.210. The summed E-state index contributed by atoms with van der Waals surface area (Å²) in [5, 5.41) is 7.00. The largest absolute Gasteiger partial charge is 0.322 e. The van der Waals surface area contributed by atoms with E-state index in [1.54, 1.807) is 34.4 Å². The van der Waals surface area contributed by atoms with Crippen molar-refractivity contribution in [3.8, 4) is 0 Å². The highest BCUT2D eigenvalue weighted by molar-refractivity contribution is 7.89. The minimum Gasteiger partial charge on any atom is -0.322 e. The van der Waals surface area contributed by atoms with Gasteiger partial charge in [-0.15, -0.1) is 0 Å². The maximum atomic E-state index is 13.4. The summed E-state index contributed by atoms with van der Waals surface area (Å²) in [5.74, 6) is 0.177. The van der Waals surface area contributed by atoms with Crippen LogP contribution in [0.15, 0.2) is 53.9 Å². The van der Waals surface area contributed by atoms with Crippen LogP contribution in [0.4, 0.5) is 5.69 Å². The van der Waals surface area contributed by atoms with Crippen LogP contribution in [0.2, 0.25) is 0 Å². The first-order chi connectivity index (χ1) is 15.7. The second-order valence-electron chi connectivity index (χ2n) is 8.75. The molecule has 1 aromatic heterocycles. The predicted molar refractivity (Wildman–Crippen MR) is 127 cm³/mol. The molecule has 33 heavy (non-hydrogen) atoms. The summed E-state index contributed by atoms with van der Waals surface area (Å²) in [5.41, 5.74) is 3.36. The Kier molecular flexibility index (Phi) is 6.62. The Morgan fingerprint density at radius 2 is 1.91 bits per heavy atom.